The summed E-state index contributed by atoms with van der Waals surface area (Å²) in [7, 11) is -1.47. The normalized spacial score (nSPS) is 15.8. The van der Waals surface area contributed by atoms with Gasteiger partial charge in [0.15, 0.2) is 0 Å². The van der Waals surface area contributed by atoms with Crippen LogP contribution in [0.2, 0.25) is 0 Å². The molecule has 1 aliphatic rings. The quantitative estimate of drug-likeness (QED) is 0.629. The van der Waals surface area contributed by atoms with Crippen LogP contribution in [0.4, 0.5) is 0 Å². The number of fused-ring (bicyclic) bond motifs is 1. The van der Waals surface area contributed by atoms with Crippen molar-refractivity contribution in [3.05, 3.63) is 66.1 Å². The zero-order chi connectivity index (χ0) is 21.3. The smallest absolute Gasteiger partial charge is 0.270 e. The molecule has 1 aliphatic heterocycles. The summed E-state index contributed by atoms with van der Waals surface area (Å²) in [6, 6.07) is 13.4. The SMILES string of the molecule is Cn1c(C(=O)N2CCC(N(Cc3ccncc3)S(C)(=O)=O)CC2)cc2ccccc21. The fraction of sp³-hybridized carbons (Fsp3) is 0.364. The van der Waals surface area contributed by atoms with Gasteiger partial charge in [0.1, 0.15) is 5.69 Å². The molecule has 0 atom stereocenters. The lowest BCUT2D eigenvalue weighted by Crippen LogP contribution is -2.48. The van der Waals surface area contributed by atoms with E-state index in [1.165, 1.54) is 6.26 Å². The number of piperidine rings is 1. The van der Waals surface area contributed by atoms with E-state index in [2.05, 4.69) is 4.98 Å². The van der Waals surface area contributed by atoms with Crippen molar-refractivity contribution in [2.75, 3.05) is 19.3 Å². The number of para-hydroxylation sites is 1. The zero-order valence-electron chi connectivity index (χ0n) is 17.2. The molecular weight excluding hydrogens is 400 g/mol. The Morgan fingerprint density at radius 1 is 1.13 bits per heavy atom. The molecule has 1 fully saturated rings. The van der Waals surface area contributed by atoms with Crippen LogP contribution in [0.25, 0.3) is 10.9 Å². The third kappa shape index (κ3) is 4.11. The van der Waals surface area contributed by atoms with Gasteiger partial charge in [-0.3, -0.25) is 9.78 Å². The topological polar surface area (TPSA) is 75.5 Å². The van der Waals surface area contributed by atoms with E-state index in [9.17, 15) is 13.2 Å². The first-order chi connectivity index (χ1) is 14.3. The summed E-state index contributed by atoms with van der Waals surface area (Å²) in [6.07, 6.45) is 5.82. The van der Waals surface area contributed by atoms with Gasteiger partial charge in [-0.25, -0.2) is 8.42 Å². The van der Waals surface area contributed by atoms with E-state index >= 15 is 0 Å². The molecule has 0 unspecified atom stereocenters. The Morgan fingerprint density at radius 2 is 1.80 bits per heavy atom. The van der Waals surface area contributed by atoms with E-state index in [1.54, 1.807) is 16.7 Å². The number of benzene rings is 1. The van der Waals surface area contributed by atoms with Crippen LogP contribution in [0.3, 0.4) is 0 Å². The van der Waals surface area contributed by atoms with Gasteiger partial charge >= 0.3 is 0 Å². The molecule has 158 valence electrons. The van der Waals surface area contributed by atoms with Gasteiger partial charge in [-0.15, -0.1) is 0 Å². The number of aromatic nitrogens is 2. The second-order valence-electron chi connectivity index (χ2n) is 7.83. The Hall–Kier alpha value is -2.71. The molecule has 1 amide bonds. The monoisotopic (exact) mass is 426 g/mol. The van der Waals surface area contributed by atoms with Gasteiger partial charge in [0.05, 0.1) is 6.26 Å². The molecule has 1 saturated heterocycles. The molecule has 3 heterocycles. The standard InChI is InChI=1S/C22H26N4O3S/c1-24-20-6-4-3-5-18(20)15-21(24)22(27)25-13-9-19(10-14-25)26(30(2,28)29)16-17-7-11-23-12-8-17/h3-8,11-12,15,19H,9-10,13-14,16H2,1-2H3. The maximum Gasteiger partial charge on any atom is 0.270 e. The number of amides is 1. The first-order valence-corrected chi connectivity index (χ1v) is 11.9. The highest BCUT2D eigenvalue weighted by Crippen LogP contribution is 2.24. The summed E-state index contributed by atoms with van der Waals surface area (Å²) in [5.41, 5.74) is 2.59. The summed E-state index contributed by atoms with van der Waals surface area (Å²) in [5, 5.41) is 1.04. The fourth-order valence-corrected chi connectivity index (χ4v) is 5.33. The fourth-order valence-electron chi connectivity index (χ4n) is 4.20. The minimum Gasteiger partial charge on any atom is -0.340 e. The van der Waals surface area contributed by atoms with Gasteiger partial charge in [-0.05, 0) is 42.7 Å². The van der Waals surface area contributed by atoms with Crippen LogP contribution in [0.15, 0.2) is 54.9 Å². The van der Waals surface area contributed by atoms with E-state index in [-0.39, 0.29) is 11.9 Å². The van der Waals surface area contributed by atoms with Gasteiger partial charge in [0.2, 0.25) is 10.0 Å². The lowest BCUT2D eigenvalue weighted by molar-refractivity contribution is 0.0667. The van der Waals surface area contributed by atoms with Crippen molar-refractivity contribution < 1.29 is 13.2 Å². The molecule has 0 N–H and O–H groups in total. The van der Waals surface area contributed by atoms with Crippen molar-refractivity contribution in [2.45, 2.75) is 25.4 Å². The summed E-state index contributed by atoms with van der Waals surface area (Å²) in [4.78, 5) is 18.9. The van der Waals surface area contributed by atoms with Crippen LogP contribution in [-0.2, 0) is 23.6 Å². The average molecular weight is 427 g/mol. The van der Waals surface area contributed by atoms with Crippen molar-refractivity contribution in [2.24, 2.45) is 7.05 Å². The van der Waals surface area contributed by atoms with Crippen molar-refractivity contribution in [1.29, 1.82) is 0 Å². The molecule has 0 aliphatic carbocycles. The molecule has 8 heteroatoms. The number of hydrogen-bond donors (Lipinski definition) is 0. The van der Waals surface area contributed by atoms with Crippen LogP contribution < -0.4 is 0 Å². The Morgan fingerprint density at radius 3 is 2.43 bits per heavy atom. The van der Waals surface area contributed by atoms with Crippen molar-refractivity contribution in [3.8, 4) is 0 Å². The Balaban J connectivity index is 1.47. The van der Waals surface area contributed by atoms with Crippen LogP contribution in [-0.4, -0.2) is 58.5 Å². The predicted octanol–water partition coefficient (Wildman–Crippen LogP) is 2.64. The van der Waals surface area contributed by atoms with Gasteiger partial charge < -0.3 is 9.47 Å². The third-order valence-electron chi connectivity index (χ3n) is 5.84. The number of nitrogens with zero attached hydrogens (tertiary/aromatic N) is 4. The molecule has 2 aromatic heterocycles. The largest absolute Gasteiger partial charge is 0.340 e. The van der Waals surface area contributed by atoms with Crippen LogP contribution in [0, 0.1) is 0 Å². The number of rotatable bonds is 5. The van der Waals surface area contributed by atoms with Crippen LogP contribution in [0.5, 0.6) is 0 Å². The van der Waals surface area contributed by atoms with Gasteiger partial charge in [-0.2, -0.15) is 4.31 Å². The molecular formula is C22H26N4O3S. The minimum atomic E-state index is -3.37. The van der Waals surface area contributed by atoms with E-state index in [0.717, 1.165) is 16.5 Å². The molecule has 30 heavy (non-hydrogen) atoms. The molecule has 4 rings (SSSR count). The third-order valence-corrected chi connectivity index (χ3v) is 7.12. The molecule has 3 aromatic rings. The van der Waals surface area contributed by atoms with Gasteiger partial charge in [-0.1, -0.05) is 18.2 Å². The maximum atomic E-state index is 13.1. The molecule has 0 saturated carbocycles. The predicted molar refractivity (Wildman–Crippen MR) is 116 cm³/mol. The summed E-state index contributed by atoms with van der Waals surface area (Å²) < 4.78 is 28.4. The number of hydrogen-bond acceptors (Lipinski definition) is 4. The number of sulfonamides is 1. The van der Waals surface area contributed by atoms with Gasteiger partial charge in [0, 0.05) is 56.0 Å². The van der Waals surface area contributed by atoms with Crippen LogP contribution in [0.1, 0.15) is 28.9 Å². The summed E-state index contributed by atoms with van der Waals surface area (Å²) in [5.74, 6) is -0.00723. The summed E-state index contributed by atoms with van der Waals surface area (Å²) >= 11 is 0. The lowest BCUT2D eigenvalue weighted by atomic mass is 10.0. The average Bonchev–Trinajstić information content (AvgIpc) is 3.08. The van der Waals surface area contributed by atoms with Gasteiger partial charge in [0.25, 0.3) is 5.91 Å². The van der Waals surface area contributed by atoms with Crippen molar-refractivity contribution >= 4 is 26.8 Å². The highest BCUT2D eigenvalue weighted by molar-refractivity contribution is 7.88. The first-order valence-electron chi connectivity index (χ1n) is 10.0. The highest BCUT2D eigenvalue weighted by Gasteiger charge is 2.32. The number of aryl methyl sites for hydroxylation is 1. The number of carbonyl (C=O) groups excluding carboxylic acids is 1. The lowest BCUT2D eigenvalue weighted by Gasteiger charge is -2.37. The second-order valence-corrected chi connectivity index (χ2v) is 9.77. The zero-order valence-corrected chi connectivity index (χ0v) is 18.0. The molecule has 0 radical (unpaired) electrons. The number of likely N-dealkylation sites (tertiary alicyclic amines) is 1. The van der Waals surface area contributed by atoms with E-state index < -0.39 is 10.0 Å². The molecule has 1 aromatic carbocycles. The van der Waals surface area contributed by atoms with E-state index in [1.807, 2.05) is 59.0 Å². The second kappa shape index (κ2) is 8.20. The molecule has 0 bridgehead atoms. The van der Waals surface area contributed by atoms with Crippen molar-refractivity contribution in [3.63, 3.8) is 0 Å². The Labute approximate surface area is 177 Å². The number of pyridine rings is 1. The highest BCUT2D eigenvalue weighted by atomic mass is 32.2. The first kappa shape index (κ1) is 20.6. The van der Waals surface area contributed by atoms with E-state index in [0.29, 0.717) is 38.2 Å². The van der Waals surface area contributed by atoms with E-state index in [4.69, 9.17) is 0 Å². The molecule has 0 spiro atoms. The van der Waals surface area contributed by atoms with Crippen LogP contribution >= 0.6 is 0 Å². The Kier molecular flexibility index (Phi) is 5.62. The molecule has 7 nitrogen and oxygen atoms in total. The number of carbonyl (C=O) groups is 1. The minimum absolute atomic E-state index is 0.00723. The maximum absolute atomic E-state index is 13.1. The summed E-state index contributed by atoms with van der Waals surface area (Å²) in [6.45, 7) is 1.39. The van der Waals surface area contributed by atoms with Crippen molar-refractivity contribution in [1.82, 2.24) is 18.8 Å². The Bertz CT molecular complexity index is 1150.